The van der Waals surface area contributed by atoms with Crippen molar-refractivity contribution >= 4 is 23.7 Å². The molecular weight excluding hydrogens is 360 g/mol. The summed E-state index contributed by atoms with van der Waals surface area (Å²) in [5, 5.41) is 2.47. The molecule has 2 aromatic rings. The Morgan fingerprint density at radius 2 is 1.54 bits per heavy atom. The number of hydrogen-bond donors (Lipinski definition) is 1. The van der Waals surface area contributed by atoms with Gasteiger partial charge in [-0.2, -0.15) is 0 Å². The highest BCUT2D eigenvalue weighted by atomic mass is 16.5. The first-order valence-electron chi connectivity index (χ1n) is 8.97. The third-order valence-corrected chi connectivity index (χ3v) is 4.42. The third kappa shape index (κ3) is 3.93. The maximum atomic E-state index is 12.8. The molecule has 0 unspecified atom stereocenters. The Kier molecular flexibility index (Phi) is 5.84. The van der Waals surface area contributed by atoms with E-state index in [1.165, 1.54) is 0 Å². The van der Waals surface area contributed by atoms with Gasteiger partial charge < -0.3 is 10.1 Å². The van der Waals surface area contributed by atoms with Crippen molar-refractivity contribution in [1.29, 1.82) is 0 Å². The lowest BCUT2D eigenvalue weighted by Crippen LogP contribution is -2.51. The Bertz CT molecular complexity index is 875. The molecule has 1 aliphatic rings. The largest absolute Gasteiger partial charge is 0.465 e. The summed E-state index contributed by atoms with van der Waals surface area (Å²) in [6.45, 7) is 1.53. The minimum Gasteiger partial charge on any atom is -0.465 e. The SMILES string of the molecule is CCOC(=O)CNC(=O)[C@@H](Cc1ccccc1)N1C(=O)c2ccccc2C1=O. The Morgan fingerprint density at radius 3 is 2.11 bits per heavy atom. The Labute approximate surface area is 162 Å². The summed E-state index contributed by atoms with van der Waals surface area (Å²) in [6, 6.07) is 14.5. The molecule has 7 heteroatoms. The maximum absolute atomic E-state index is 12.8. The van der Waals surface area contributed by atoms with Crippen molar-refractivity contribution in [2.45, 2.75) is 19.4 Å². The Morgan fingerprint density at radius 1 is 0.964 bits per heavy atom. The van der Waals surface area contributed by atoms with Gasteiger partial charge in [-0.25, -0.2) is 0 Å². The minimum atomic E-state index is -1.08. The molecule has 144 valence electrons. The molecule has 0 saturated heterocycles. The van der Waals surface area contributed by atoms with Crippen molar-refractivity contribution in [3.63, 3.8) is 0 Å². The van der Waals surface area contributed by atoms with Crippen LogP contribution in [-0.2, 0) is 20.7 Å². The van der Waals surface area contributed by atoms with Crippen LogP contribution in [0.3, 0.4) is 0 Å². The Hall–Kier alpha value is -3.48. The lowest BCUT2D eigenvalue weighted by atomic mass is 10.0. The van der Waals surface area contributed by atoms with Crippen molar-refractivity contribution in [2.24, 2.45) is 0 Å². The van der Waals surface area contributed by atoms with Gasteiger partial charge >= 0.3 is 5.97 Å². The maximum Gasteiger partial charge on any atom is 0.325 e. The second-order valence-electron chi connectivity index (χ2n) is 6.25. The molecule has 3 amide bonds. The van der Waals surface area contributed by atoms with E-state index in [-0.39, 0.29) is 30.7 Å². The highest BCUT2D eigenvalue weighted by Crippen LogP contribution is 2.26. The molecule has 0 bridgehead atoms. The fourth-order valence-electron chi connectivity index (χ4n) is 3.12. The van der Waals surface area contributed by atoms with E-state index in [1.54, 1.807) is 31.2 Å². The van der Waals surface area contributed by atoms with E-state index in [0.29, 0.717) is 0 Å². The van der Waals surface area contributed by atoms with Gasteiger partial charge in [-0.1, -0.05) is 42.5 Å². The first-order valence-corrected chi connectivity index (χ1v) is 8.97. The molecule has 0 radical (unpaired) electrons. The first kappa shape index (κ1) is 19.3. The summed E-state index contributed by atoms with van der Waals surface area (Å²) in [6.07, 6.45) is 0.140. The van der Waals surface area contributed by atoms with Gasteiger partial charge in [-0.15, -0.1) is 0 Å². The molecule has 0 aromatic heterocycles. The standard InChI is InChI=1S/C21H20N2O5/c1-2-28-18(24)13-22-19(25)17(12-14-8-4-3-5-9-14)23-20(26)15-10-6-7-11-16(15)21(23)27/h3-11,17H,2,12-13H2,1H3,(H,22,25)/t17-/m1/s1. The number of imide groups is 1. The Balaban J connectivity index is 1.86. The molecule has 28 heavy (non-hydrogen) atoms. The number of benzene rings is 2. The number of nitrogens with zero attached hydrogens (tertiary/aromatic N) is 1. The number of carbonyl (C=O) groups excluding carboxylic acids is 4. The number of esters is 1. The highest BCUT2D eigenvalue weighted by Gasteiger charge is 2.42. The third-order valence-electron chi connectivity index (χ3n) is 4.42. The van der Waals surface area contributed by atoms with Crippen LogP contribution in [0.15, 0.2) is 54.6 Å². The highest BCUT2D eigenvalue weighted by molar-refractivity contribution is 6.22. The fourth-order valence-corrected chi connectivity index (χ4v) is 3.12. The lowest BCUT2D eigenvalue weighted by molar-refractivity contribution is -0.143. The van der Waals surface area contributed by atoms with Crippen molar-refractivity contribution in [1.82, 2.24) is 10.2 Å². The summed E-state index contributed by atoms with van der Waals surface area (Å²) in [5.41, 5.74) is 1.32. The van der Waals surface area contributed by atoms with Crippen LogP contribution in [0, 0.1) is 0 Å². The summed E-state index contributed by atoms with van der Waals surface area (Å²) in [4.78, 5) is 51.0. The van der Waals surface area contributed by atoms with Gasteiger partial charge in [-0.3, -0.25) is 24.1 Å². The van der Waals surface area contributed by atoms with Crippen LogP contribution >= 0.6 is 0 Å². The molecule has 1 N–H and O–H groups in total. The van der Waals surface area contributed by atoms with Crippen molar-refractivity contribution < 1.29 is 23.9 Å². The lowest BCUT2D eigenvalue weighted by Gasteiger charge is -2.25. The average molecular weight is 380 g/mol. The van der Waals surface area contributed by atoms with E-state index in [2.05, 4.69) is 5.32 Å². The van der Waals surface area contributed by atoms with Crippen LogP contribution in [-0.4, -0.2) is 47.8 Å². The normalized spacial score (nSPS) is 13.8. The van der Waals surface area contributed by atoms with Crippen LogP contribution in [0.1, 0.15) is 33.2 Å². The molecule has 0 aliphatic carbocycles. The zero-order chi connectivity index (χ0) is 20.1. The monoisotopic (exact) mass is 380 g/mol. The van der Waals surface area contributed by atoms with Gasteiger partial charge in [0.05, 0.1) is 17.7 Å². The topological polar surface area (TPSA) is 92.8 Å². The van der Waals surface area contributed by atoms with Gasteiger partial charge in [0.25, 0.3) is 11.8 Å². The predicted molar refractivity (Wildman–Crippen MR) is 101 cm³/mol. The predicted octanol–water partition coefficient (Wildman–Crippen LogP) is 1.57. The van der Waals surface area contributed by atoms with E-state index in [0.717, 1.165) is 10.5 Å². The zero-order valence-corrected chi connectivity index (χ0v) is 15.4. The van der Waals surface area contributed by atoms with Crippen molar-refractivity contribution in [3.8, 4) is 0 Å². The average Bonchev–Trinajstić information content (AvgIpc) is 2.96. The molecule has 7 nitrogen and oxygen atoms in total. The van der Waals surface area contributed by atoms with Gasteiger partial charge in [-0.05, 0) is 24.6 Å². The molecule has 0 spiro atoms. The van der Waals surface area contributed by atoms with Gasteiger partial charge in [0.15, 0.2) is 0 Å². The van der Waals surface area contributed by atoms with Crippen LogP contribution in [0.5, 0.6) is 0 Å². The van der Waals surface area contributed by atoms with Gasteiger partial charge in [0.1, 0.15) is 12.6 Å². The number of nitrogens with one attached hydrogen (secondary N) is 1. The summed E-state index contributed by atoms with van der Waals surface area (Å²) >= 11 is 0. The van der Waals surface area contributed by atoms with Crippen LogP contribution in [0.25, 0.3) is 0 Å². The van der Waals surface area contributed by atoms with E-state index >= 15 is 0 Å². The smallest absolute Gasteiger partial charge is 0.325 e. The van der Waals surface area contributed by atoms with Crippen LogP contribution in [0.4, 0.5) is 0 Å². The number of hydrogen-bond acceptors (Lipinski definition) is 5. The minimum absolute atomic E-state index is 0.140. The summed E-state index contributed by atoms with van der Waals surface area (Å²) < 4.78 is 4.81. The van der Waals surface area contributed by atoms with Crippen molar-refractivity contribution in [3.05, 3.63) is 71.3 Å². The summed E-state index contributed by atoms with van der Waals surface area (Å²) in [7, 11) is 0. The summed E-state index contributed by atoms with van der Waals surface area (Å²) in [5.74, 6) is -2.22. The molecule has 2 aromatic carbocycles. The van der Waals surface area contributed by atoms with E-state index in [4.69, 9.17) is 4.74 Å². The molecular formula is C21H20N2O5. The van der Waals surface area contributed by atoms with Crippen LogP contribution < -0.4 is 5.32 Å². The molecule has 1 atom stereocenters. The number of ether oxygens (including phenoxy) is 1. The van der Waals surface area contributed by atoms with Crippen LogP contribution in [0.2, 0.25) is 0 Å². The second kappa shape index (κ2) is 8.47. The quantitative estimate of drug-likeness (QED) is 0.581. The number of rotatable bonds is 7. The number of amides is 3. The van der Waals surface area contributed by atoms with Gasteiger partial charge in [0.2, 0.25) is 5.91 Å². The van der Waals surface area contributed by atoms with Gasteiger partial charge in [0, 0.05) is 6.42 Å². The second-order valence-corrected chi connectivity index (χ2v) is 6.25. The first-order chi connectivity index (χ1) is 13.5. The fraction of sp³-hybridized carbons (Fsp3) is 0.238. The zero-order valence-electron chi connectivity index (χ0n) is 15.4. The van der Waals surface area contributed by atoms with E-state index < -0.39 is 29.7 Å². The molecule has 1 heterocycles. The van der Waals surface area contributed by atoms with Crippen molar-refractivity contribution in [2.75, 3.05) is 13.2 Å². The molecule has 1 aliphatic heterocycles. The molecule has 0 saturated carbocycles. The number of carbonyl (C=O) groups is 4. The van der Waals surface area contributed by atoms with E-state index in [9.17, 15) is 19.2 Å². The molecule has 0 fully saturated rings. The molecule has 3 rings (SSSR count). The van der Waals surface area contributed by atoms with E-state index in [1.807, 2.05) is 30.3 Å². The number of fused-ring (bicyclic) bond motifs is 1.